The van der Waals surface area contributed by atoms with Crippen LogP contribution in [0.2, 0.25) is 5.02 Å². The Balaban J connectivity index is 1.66. The number of carbonyl (C=O) groups excluding carboxylic acids is 1. The Morgan fingerprint density at radius 2 is 1.69 bits per heavy atom. The van der Waals surface area contributed by atoms with Crippen LogP contribution in [0.25, 0.3) is 0 Å². The van der Waals surface area contributed by atoms with Crippen LogP contribution >= 0.6 is 35.6 Å². The van der Waals surface area contributed by atoms with E-state index in [4.69, 9.17) is 23.8 Å². The smallest absolute Gasteiger partial charge is 0.231 e. The van der Waals surface area contributed by atoms with E-state index in [9.17, 15) is 4.79 Å². The molecule has 0 spiro atoms. The molecule has 0 bridgehead atoms. The maximum absolute atomic E-state index is 12.6. The highest BCUT2D eigenvalue weighted by Crippen LogP contribution is 2.24. The number of likely N-dealkylation sites (tertiary alicyclic amines) is 1. The van der Waals surface area contributed by atoms with Crippen LogP contribution in [0.3, 0.4) is 0 Å². The van der Waals surface area contributed by atoms with E-state index < -0.39 is 0 Å². The van der Waals surface area contributed by atoms with E-state index in [-0.39, 0.29) is 11.9 Å². The summed E-state index contributed by atoms with van der Waals surface area (Å²) in [7, 11) is 0. The molecule has 1 aliphatic rings. The minimum atomic E-state index is -0.207. The molecule has 1 saturated heterocycles. The largest absolute Gasteiger partial charge is 0.358 e. The fraction of sp³-hybridized carbons (Fsp3) is 0.300. The monoisotopic (exact) mass is 404 g/mol. The van der Waals surface area contributed by atoms with Crippen molar-refractivity contribution < 1.29 is 4.79 Å². The van der Waals surface area contributed by atoms with Crippen molar-refractivity contribution in [2.24, 2.45) is 0 Å². The van der Waals surface area contributed by atoms with Crippen LogP contribution in [0, 0.1) is 0 Å². The van der Waals surface area contributed by atoms with Crippen LogP contribution in [-0.2, 0) is 4.79 Å². The predicted octanol–water partition coefficient (Wildman–Crippen LogP) is 4.66. The zero-order valence-corrected chi connectivity index (χ0v) is 16.7. The molecule has 1 heterocycles. The molecule has 2 aromatic rings. The van der Waals surface area contributed by atoms with Gasteiger partial charge in [-0.25, -0.2) is 0 Å². The molecule has 2 aromatic carbocycles. The fourth-order valence-electron chi connectivity index (χ4n) is 2.98. The summed E-state index contributed by atoms with van der Waals surface area (Å²) in [6, 6.07) is 17.3. The van der Waals surface area contributed by atoms with E-state index in [1.165, 1.54) is 24.6 Å². The van der Waals surface area contributed by atoms with Gasteiger partial charge >= 0.3 is 0 Å². The molecule has 1 amide bonds. The maximum atomic E-state index is 12.6. The number of hydrogen-bond acceptors (Lipinski definition) is 3. The lowest BCUT2D eigenvalue weighted by molar-refractivity contribution is -0.119. The van der Waals surface area contributed by atoms with Crippen molar-refractivity contribution in [3.05, 3.63) is 70.7 Å². The number of nitrogens with zero attached hydrogens (tertiary/aromatic N) is 1. The summed E-state index contributed by atoms with van der Waals surface area (Å²) in [4.78, 5) is 14.7. The second-order valence-corrected chi connectivity index (χ2v) is 8.26. The normalized spacial score (nSPS) is 14.9. The number of carbonyl (C=O) groups is 1. The first kappa shape index (κ1) is 19.2. The Morgan fingerprint density at radius 3 is 2.35 bits per heavy atom. The average molecular weight is 405 g/mol. The lowest BCUT2D eigenvalue weighted by Gasteiger charge is -2.21. The molecule has 1 unspecified atom stereocenters. The van der Waals surface area contributed by atoms with E-state index in [0.29, 0.717) is 10.8 Å². The van der Waals surface area contributed by atoms with Gasteiger partial charge in [-0.05, 0) is 36.1 Å². The van der Waals surface area contributed by atoms with Crippen LogP contribution < -0.4 is 5.32 Å². The minimum Gasteiger partial charge on any atom is -0.358 e. The van der Waals surface area contributed by atoms with Gasteiger partial charge in [0.05, 0.1) is 11.8 Å². The molecule has 0 radical (unpaired) electrons. The Kier molecular flexibility index (Phi) is 6.94. The molecule has 26 heavy (non-hydrogen) atoms. The van der Waals surface area contributed by atoms with Crippen LogP contribution in [-0.4, -0.2) is 34.0 Å². The van der Waals surface area contributed by atoms with Crippen molar-refractivity contribution >= 4 is 45.8 Å². The highest BCUT2D eigenvalue weighted by molar-refractivity contribution is 8.23. The number of benzene rings is 2. The van der Waals surface area contributed by atoms with Crippen molar-refractivity contribution in [2.45, 2.75) is 18.9 Å². The van der Waals surface area contributed by atoms with Crippen LogP contribution in [0.4, 0.5) is 0 Å². The van der Waals surface area contributed by atoms with Gasteiger partial charge in [0, 0.05) is 18.1 Å². The number of amides is 1. The Bertz CT molecular complexity index is 746. The zero-order chi connectivity index (χ0) is 18.4. The highest BCUT2D eigenvalue weighted by atomic mass is 35.5. The number of hydrogen-bond donors (Lipinski definition) is 1. The molecule has 0 aromatic heterocycles. The lowest BCUT2D eigenvalue weighted by atomic mass is 9.99. The van der Waals surface area contributed by atoms with Crippen molar-refractivity contribution in [1.82, 2.24) is 10.2 Å². The summed E-state index contributed by atoms with van der Waals surface area (Å²) in [5.41, 5.74) is 2.04. The lowest BCUT2D eigenvalue weighted by Crippen LogP contribution is -2.32. The predicted molar refractivity (Wildman–Crippen MR) is 114 cm³/mol. The summed E-state index contributed by atoms with van der Waals surface area (Å²) in [6.45, 7) is 2.01. The third kappa shape index (κ3) is 5.22. The van der Waals surface area contributed by atoms with Gasteiger partial charge in [-0.2, -0.15) is 0 Å². The molecular weight excluding hydrogens is 384 g/mol. The Morgan fingerprint density at radius 1 is 1.08 bits per heavy atom. The van der Waals surface area contributed by atoms with Gasteiger partial charge in [-0.15, -0.1) is 0 Å². The third-order valence-corrected chi connectivity index (χ3v) is 6.11. The van der Waals surface area contributed by atoms with Gasteiger partial charge in [0.25, 0.3) is 0 Å². The fourth-order valence-corrected chi connectivity index (χ4v) is 4.17. The molecule has 0 saturated carbocycles. The average Bonchev–Trinajstić information content (AvgIpc) is 3.21. The summed E-state index contributed by atoms with van der Waals surface area (Å²) in [5.74, 6) is 0.298. The van der Waals surface area contributed by atoms with Crippen LogP contribution in [0.15, 0.2) is 54.6 Å². The first-order valence-electron chi connectivity index (χ1n) is 8.65. The quantitative estimate of drug-likeness (QED) is 0.734. The standard InChI is InChI=1S/C20H21ClN2OS2/c21-17-10-8-16(9-11-17)19(15-6-2-1-3-7-15)22-18(24)14-26-20(25)23-12-4-5-13-23/h1-3,6-11,19H,4-5,12-14H2,(H,22,24). The first-order chi connectivity index (χ1) is 12.6. The summed E-state index contributed by atoms with van der Waals surface area (Å²) in [5, 5.41) is 3.81. The van der Waals surface area contributed by atoms with Crippen molar-refractivity contribution in [2.75, 3.05) is 18.8 Å². The van der Waals surface area contributed by atoms with Crippen LogP contribution in [0.5, 0.6) is 0 Å². The van der Waals surface area contributed by atoms with E-state index in [2.05, 4.69) is 10.2 Å². The Hall–Kier alpha value is -1.56. The number of thioether (sulfide) groups is 1. The van der Waals surface area contributed by atoms with Gasteiger partial charge < -0.3 is 10.2 Å². The second kappa shape index (κ2) is 9.40. The number of nitrogens with one attached hydrogen (secondary N) is 1. The molecule has 1 N–H and O–H groups in total. The molecule has 6 heteroatoms. The van der Waals surface area contributed by atoms with E-state index in [0.717, 1.165) is 28.5 Å². The molecule has 0 aliphatic carbocycles. The highest BCUT2D eigenvalue weighted by Gasteiger charge is 2.19. The van der Waals surface area contributed by atoms with Crippen molar-refractivity contribution in [3.63, 3.8) is 0 Å². The third-order valence-electron chi connectivity index (χ3n) is 4.33. The summed E-state index contributed by atoms with van der Waals surface area (Å²) in [6.07, 6.45) is 2.36. The topological polar surface area (TPSA) is 32.3 Å². The number of thiocarbonyl (C=S) groups is 1. The van der Waals surface area contributed by atoms with E-state index in [1.807, 2.05) is 54.6 Å². The SMILES string of the molecule is O=C(CSC(=S)N1CCCC1)NC(c1ccccc1)c1ccc(Cl)cc1. The summed E-state index contributed by atoms with van der Waals surface area (Å²) >= 11 is 12.9. The second-order valence-electron chi connectivity index (χ2n) is 6.21. The minimum absolute atomic E-state index is 0.0275. The van der Waals surface area contributed by atoms with Gasteiger partial charge in [0.15, 0.2) is 0 Å². The molecule has 1 atom stereocenters. The van der Waals surface area contributed by atoms with Gasteiger partial charge in [0.1, 0.15) is 4.32 Å². The van der Waals surface area contributed by atoms with Crippen LogP contribution in [0.1, 0.15) is 30.0 Å². The molecule has 3 nitrogen and oxygen atoms in total. The molecule has 3 rings (SSSR count). The van der Waals surface area contributed by atoms with Gasteiger partial charge in [-0.1, -0.05) is 78.0 Å². The van der Waals surface area contributed by atoms with Crippen molar-refractivity contribution in [3.8, 4) is 0 Å². The first-order valence-corrected chi connectivity index (χ1v) is 10.4. The molecule has 1 fully saturated rings. The van der Waals surface area contributed by atoms with Gasteiger partial charge in [-0.3, -0.25) is 4.79 Å². The van der Waals surface area contributed by atoms with Crippen molar-refractivity contribution in [1.29, 1.82) is 0 Å². The number of rotatable bonds is 5. The Labute approximate surface area is 169 Å². The molecule has 1 aliphatic heterocycles. The van der Waals surface area contributed by atoms with Gasteiger partial charge in [0.2, 0.25) is 5.91 Å². The van der Waals surface area contributed by atoms with E-state index in [1.54, 1.807) is 0 Å². The summed E-state index contributed by atoms with van der Waals surface area (Å²) < 4.78 is 0.820. The number of halogens is 1. The zero-order valence-electron chi connectivity index (χ0n) is 14.4. The molecular formula is C20H21ClN2OS2. The van der Waals surface area contributed by atoms with E-state index >= 15 is 0 Å². The molecule has 136 valence electrons. The maximum Gasteiger partial charge on any atom is 0.231 e.